The van der Waals surface area contributed by atoms with Crippen molar-refractivity contribution < 1.29 is 9.90 Å². The quantitative estimate of drug-likeness (QED) is 0.405. The molecule has 1 unspecified atom stereocenters. The molecule has 0 bridgehead atoms. The fourth-order valence-corrected chi connectivity index (χ4v) is 3.86. The van der Waals surface area contributed by atoms with E-state index in [0.717, 1.165) is 16.8 Å². The third kappa shape index (κ3) is 4.00. The van der Waals surface area contributed by atoms with E-state index in [1.54, 1.807) is 16.8 Å². The molecule has 0 spiro atoms. The molecule has 0 aliphatic rings. The van der Waals surface area contributed by atoms with Gasteiger partial charge in [-0.1, -0.05) is 85.3 Å². The fraction of sp³-hybridized carbons (Fsp3) is 0.120. The molecule has 0 aliphatic carbocycles. The first-order valence-corrected chi connectivity index (χ1v) is 10.1. The first kappa shape index (κ1) is 19.9. The number of nitrogens with zero attached hydrogens (tertiary/aromatic N) is 2. The molecular formula is C25H21ClN2O2. The summed E-state index contributed by atoms with van der Waals surface area (Å²) in [5.74, 6) is -0.868. The largest absolute Gasteiger partial charge is 0.478 e. The Balaban J connectivity index is 1.89. The van der Waals surface area contributed by atoms with Crippen molar-refractivity contribution in [1.82, 2.24) is 9.78 Å². The normalized spacial score (nSPS) is 11.9. The maximum Gasteiger partial charge on any atom is 0.339 e. The molecule has 0 amide bonds. The van der Waals surface area contributed by atoms with Crippen molar-refractivity contribution in [2.24, 2.45) is 0 Å². The molecule has 0 saturated carbocycles. The van der Waals surface area contributed by atoms with Gasteiger partial charge in [0, 0.05) is 10.6 Å². The van der Waals surface area contributed by atoms with Gasteiger partial charge in [-0.2, -0.15) is 5.10 Å². The third-order valence-electron chi connectivity index (χ3n) is 5.14. The molecule has 4 rings (SSSR count). The van der Waals surface area contributed by atoms with Gasteiger partial charge < -0.3 is 5.11 Å². The van der Waals surface area contributed by atoms with E-state index in [2.05, 4.69) is 19.1 Å². The summed E-state index contributed by atoms with van der Waals surface area (Å²) in [4.78, 5) is 12.4. The summed E-state index contributed by atoms with van der Waals surface area (Å²) >= 11 is 6.21. The molecule has 1 atom stereocenters. The van der Waals surface area contributed by atoms with Gasteiger partial charge in [0.05, 0.1) is 17.1 Å². The lowest BCUT2D eigenvalue weighted by atomic mass is 9.94. The van der Waals surface area contributed by atoms with Crippen LogP contribution in [0.25, 0.3) is 16.9 Å². The van der Waals surface area contributed by atoms with E-state index in [9.17, 15) is 9.90 Å². The molecule has 0 fully saturated rings. The van der Waals surface area contributed by atoms with Crippen LogP contribution >= 0.6 is 11.6 Å². The van der Waals surface area contributed by atoms with Gasteiger partial charge in [-0.05, 0) is 36.1 Å². The Kier molecular flexibility index (Phi) is 5.68. The molecule has 150 valence electrons. The maximum absolute atomic E-state index is 12.4. The summed E-state index contributed by atoms with van der Waals surface area (Å²) in [6.07, 6.45) is 0.513. The number of halogens is 1. The van der Waals surface area contributed by atoms with E-state index in [0.29, 0.717) is 22.8 Å². The zero-order chi connectivity index (χ0) is 21.1. The zero-order valence-electron chi connectivity index (χ0n) is 16.5. The first-order valence-electron chi connectivity index (χ1n) is 9.76. The van der Waals surface area contributed by atoms with Crippen LogP contribution in [0.1, 0.15) is 34.5 Å². The summed E-state index contributed by atoms with van der Waals surface area (Å²) in [7, 11) is 0. The van der Waals surface area contributed by atoms with E-state index in [-0.39, 0.29) is 11.5 Å². The fourth-order valence-electron chi connectivity index (χ4n) is 3.68. The lowest BCUT2D eigenvalue weighted by Crippen LogP contribution is -2.06. The summed E-state index contributed by atoms with van der Waals surface area (Å²) < 4.78 is 1.69. The van der Waals surface area contributed by atoms with Gasteiger partial charge in [-0.25, -0.2) is 9.48 Å². The number of aromatic carboxylic acids is 1. The average molecular weight is 417 g/mol. The van der Waals surface area contributed by atoms with Crippen LogP contribution in [0.4, 0.5) is 0 Å². The summed E-state index contributed by atoms with van der Waals surface area (Å²) in [6.45, 7) is 2.08. The van der Waals surface area contributed by atoms with Crippen LogP contribution in [0.15, 0.2) is 84.9 Å². The highest BCUT2D eigenvalue weighted by Crippen LogP contribution is 2.32. The Hall–Kier alpha value is -3.37. The van der Waals surface area contributed by atoms with Gasteiger partial charge >= 0.3 is 5.97 Å². The molecule has 3 aromatic carbocycles. The predicted octanol–water partition coefficient (Wildman–Crippen LogP) is 6.24. The minimum Gasteiger partial charge on any atom is -0.478 e. The van der Waals surface area contributed by atoms with E-state index in [1.807, 2.05) is 60.7 Å². The lowest BCUT2D eigenvalue weighted by Gasteiger charge is -2.10. The second kappa shape index (κ2) is 8.56. The molecule has 1 aromatic heterocycles. The zero-order valence-corrected chi connectivity index (χ0v) is 17.3. The van der Waals surface area contributed by atoms with Crippen molar-refractivity contribution in [3.8, 4) is 16.9 Å². The van der Waals surface area contributed by atoms with E-state index >= 15 is 0 Å². The van der Waals surface area contributed by atoms with Crippen molar-refractivity contribution in [2.75, 3.05) is 0 Å². The third-order valence-corrected chi connectivity index (χ3v) is 5.37. The Morgan fingerprint density at radius 1 is 1.00 bits per heavy atom. The Labute approximate surface area is 180 Å². The highest BCUT2D eigenvalue weighted by Gasteiger charge is 2.26. The minimum absolute atomic E-state index is 0.121. The molecular weight excluding hydrogens is 396 g/mol. The van der Waals surface area contributed by atoms with Gasteiger partial charge in [-0.15, -0.1) is 0 Å². The van der Waals surface area contributed by atoms with Crippen LogP contribution in [0.3, 0.4) is 0 Å². The Morgan fingerprint density at radius 3 is 2.30 bits per heavy atom. The SMILES string of the molecule is CC(Cc1nn(-c2cccc(Cl)c2)c(-c2ccccc2)c1C(=O)O)c1ccccc1. The first-order chi connectivity index (χ1) is 14.5. The molecule has 4 nitrogen and oxygen atoms in total. The second-order valence-electron chi connectivity index (χ2n) is 7.25. The molecule has 0 saturated heterocycles. The number of hydrogen-bond donors (Lipinski definition) is 1. The van der Waals surface area contributed by atoms with Crippen molar-refractivity contribution in [3.63, 3.8) is 0 Å². The van der Waals surface area contributed by atoms with E-state index in [1.165, 1.54) is 0 Å². The second-order valence-corrected chi connectivity index (χ2v) is 7.69. The number of rotatable bonds is 6. The molecule has 4 aromatic rings. The van der Waals surface area contributed by atoms with Crippen molar-refractivity contribution in [3.05, 3.63) is 107 Å². The molecule has 30 heavy (non-hydrogen) atoms. The van der Waals surface area contributed by atoms with Crippen LogP contribution < -0.4 is 0 Å². The van der Waals surface area contributed by atoms with Crippen LogP contribution in [0.5, 0.6) is 0 Å². The average Bonchev–Trinajstić information content (AvgIpc) is 3.14. The molecule has 5 heteroatoms. The Morgan fingerprint density at radius 2 is 1.67 bits per heavy atom. The molecule has 1 N–H and O–H groups in total. The Bertz CT molecular complexity index is 1170. The number of carboxylic acid groups (broad SMARTS) is 1. The van der Waals surface area contributed by atoms with Crippen molar-refractivity contribution in [2.45, 2.75) is 19.3 Å². The molecule has 1 heterocycles. The van der Waals surface area contributed by atoms with Gasteiger partial charge in [-0.3, -0.25) is 0 Å². The van der Waals surface area contributed by atoms with Gasteiger partial charge in [0.1, 0.15) is 5.56 Å². The van der Waals surface area contributed by atoms with Crippen LogP contribution in [0, 0.1) is 0 Å². The number of aromatic nitrogens is 2. The highest BCUT2D eigenvalue weighted by molar-refractivity contribution is 6.30. The molecule has 0 radical (unpaired) electrons. The van der Waals surface area contributed by atoms with Crippen molar-refractivity contribution in [1.29, 1.82) is 0 Å². The lowest BCUT2D eigenvalue weighted by molar-refractivity contribution is 0.0696. The van der Waals surface area contributed by atoms with Crippen LogP contribution in [0.2, 0.25) is 5.02 Å². The molecule has 0 aliphatic heterocycles. The summed E-state index contributed by atoms with van der Waals surface area (Å²) in [5, 5.41) is 15.5. The summed E-state index contributed by atoms with van der Waals surface area (Å²) in [5.41, 5.74) is 4.00. The number of hydrogen-bond acceptors (Lipinski definition) is 2. The number of carboxylic acids is 1. The van der Waals surface area contributed by atoms with Gasteiger partial charge in [0.2, 0.25) is 0 Å². The van der Waals surface area contributed by atoms with Gasteiger partial charge in [0.15, 0.2) is 0 Å². The summed E-state index contributed by atoms with van der Waals surface area (Å²) in [6, 6.07) is 26.8. The standard InChI is InChI=1S/C25H21ClN2O2/c1-17(18-9-4-2-5-10-18)15-22-23(25(29)30)24(19-11-6-3-7-12-19)28(27-22)21-14-8-13-20(26)16-21/h2-14,16-17H,15H2,1H3,(H,29,30). The maximum atomic E-state index is 12.4. The predicted molar refractivity (Wildman–Crippen MR) is 120 cm³/mol. The van der Waals surface area contributed by atoms with Crippen LogP contribution in [-0.2, 0) is 6.42 Å². The van der Waals surface area contributed by atoms with E-state index < -0.39 is 5.97 Å². The minimum atomic E-state index is -0.989. The monoisotopic (exact) mass is 416 g/mol. The van der Waals surface area contributed by atoms with E-state index in [4.69, 9.17) is 16.7 Å². The topological polar surface area (TPSA) is 55.1 Å². The number of carbonyl (C=O) groups is 1. The van der Waals surface area contributed by atoms with Gasteiger partial charge in [0.25, 0.3) is 0 Å². The highest BCUT2D eigenvalue weighted by atomic mass is 35.5. The van der Waals surface area contributed by atoms with Crippen LogP contribution in [-0.4, -0.2) is 20.9 Å². The smallest absolute Gasteiger partial charge is 0.339 e. The van der Waals surface area contributed by atoms with Crippen molar-refractivity contribution >= 4 is 17.6 Å². The number of benzene rings is 3.